The van der Waals surface area contributed by atoms with Crippen molar-refractivity contribution < 1.29 is 9.53 Å². The lowest BCUT2D eigenvalue weighted by Gasteiger charge is -2.31. The Kier molecular flexibility index (Phi) is 7.28. The zero-order valence-electron chi connectivity index (χ0n) is 12.1. The van der Waals surface area contributed by atoms with Crippen LogP contribution in [0.2, 0.25) is 0 Å². The van der Waals surface area contributed by atoms with Gasteiger partial charge in [0, 0.05) is 32.7 Å². The van der Waals surface area contributed by atoms with Crippen molar-refractivity contribution in [1.82, 2.24) is 10.2 Å². The van der Waals surface area contributed by atoms with Crippen LogP contribution in [-0.4, -0.2) is 50.2 Å². The van der Waals surface area contributed by atoms with Gasteiger partial charge in [-0.05, 0) is 52.1 Å². The lowest BCUT2D eigenvalue weighted by molar-refractivity contribution is -0.122. The van der Waals surface area contributed by atoms with Crippen LogP contribution in [0, 0.1) is 5.92 Å². The number of carbonyl (C=O) groups excluding carboxylic acids is 1. The van der Waals surface area contributed by atoms with E-state index in [-0.39, 0.29) is 11.9 Å². The highest BCUT2D eigenvalue weighted by atomic mass is 16.5. The summed E-state index contributed by atoms with van der Waals surface area (Å²) in [4.78, 5) is 14.2. The molecule has 1 aliphatic heterocycles. The van der Waals surface area contributed by atoms with Crippen LogP contribution in [0.5, 0.6) is 0 Å². The maximum atomic E-state index is 11.7. The number of nitrogens with zero attached hydrogens (tertiary/aromatic N) is 1. The molecule has 1 rings (SSSR count). The summed E-state index contributed by atoms with van der Waals surface area (Å²) in [5, 5.41) is 2.97. The van der Waals surface area contributed by atoms with Crippen LogP contribution in [0.3, 0.4) is 0 Å². The van der Waals surface area contributed by atoms with Crippen molar-refractivity contribution in [3.63, 3.8) is 0 Å². The Bertz CT molecular complexity index is 236. The molecule has 1 heterocycles. The maximum absolute atomic E-state index is 11.7. The Morgan fingerprint density at radius 3 is 2.61 bits per heavy atom. The first-order valence-corrected chi connectivity index (χ1v) is 7.12. The lowest BCUT2D eigenvalue weighted by atomic mass is 9.93. The van der Waals surface area contributed by atoms with Gasteiger partial charge in [0.2, 0.25) is 5.91 Å². The van der Waals surface area contributed by atoms with E-state index >= 15 is 0 Å². The summed E-state index contributed by atoms with van der Waals surface area (Å²) in [5.41, 5.74) is 0. The second-order valence-electron chi connectivity index (χ2n) is 5.56. The molecule has 0 aliphatic carbocycles. The van der Waals surface area contributed by atoms with E-state index in [2.05, 4.69) is 10.2 Å². The summed E-state index contributed by atoms with van der Waals surface area (Å²) in [7, 11) is 1.75. The number of ether oxygens (including phenoxy) is 1. The number of hydrogen-bond donors (Lipinski definition) is 1. The van der Waals surface area contributed by atoms with Gasteiger partial charge in [0.05, 0.1) is 0 Å². The molecule has 0 spiro atoms. The van der Waals surface area contributed by atoms with Gasteiger partial charge >= 0.3 is 0 Å². The number of hydrogen-bond acceptors (Lipinski definition) is 3. The summed E-state index contributed by atoms with van der Waals surface area (Å²) in [6, 6.07) is 0.256. The molecule has 0 radical (unpaired) electrons. The van der Waals surface area contributed by atoms with E-state index in [4.69, 9.17) is 4.74 Å². The third kappa shape index (κ3) is 6.36. The van der Waals surface area contributed by atoms with Gasteiger partial charge in [-0.25, -0.2) is 0 Å². The van der Waals surface area contributed by atoms with E-state index in [0.29, 0.717) is 12.3 Å². The molecule has 1 amide bonds. The largest absolute Gasteiger partial charge is 0.385 e. The molecule has 106 valence electrons. The molecule has 18 heavy (non-hydrogen) atoms. The molecule has 0 atom stereocenters. The fourth-order valence-electron chi connectivity index (χ4n) is 2.49. The van der Waals surface area contributed by atoms with E-state index in [0.717, 1.165) is 45.5 Å². The van der Waals surface area contributed by atoms with Gasteiger partial charge in [-0.3, -0.25) is 4.79 Å². The number of nitrogens with one attached hydrogen (secondary N) is 1. The first-order valence-electron chi connectivity index (χ1n) is 7.12. The minimum atomic E-state index is 0.211. The van der Waals surface area contributed by atoms with Gasteiger partial charge in [-0.1, -0.05) is 0 Å². The summed E-state index contributed by atoms with van der Waals surface area (Å²) >= 11 is 0. The number of piperidine rings is 1. The summed E-state index contributed by atoms with van der Waals surface area (Å²) in [6.07, 6.45) is 4.11. The van der Waals surface area contributed by atoms with Gasteiger partial charge < -0.3 is 15.0 Å². The van der Waals surface area contributed by atoms with E-state index in [1.54, 1.807) is 7.11 Å². The van der Waals surface area contributed by atoms with Crippen LogP contribution in [0.1, 0.15) is 39.5 Å². The predicted octanol–water partition coefficient (Wildman–Crippen LogP) is 1.65. The Morgan fingerprint density at radius 2 is 2.06 bits per heavy atom. The molecule has 1 N–H and O–H groups in total. The monoisotopic (exact) mass is 256 g/mol. The van der Waals surface area contributed by atoms with Crippen LogP contribution in [0.25, 0.3) is 0 Å². The van der Waals surface area contributed by atoms with Crippen molar-refractivity contribution in [2.75, 3.05) is 33.4 Å². The summed E-state index contributed by atoms with van der Waals surface area (Å²) in [6.45, 7) is 8.24. The summed E-state index contributed by atoms with van der Waals surface area (Å²) in [5.74, 6) is 0.783. The first-order chi connectivity index (χ1) is 8.61. The highest BCUT2D eigenvalue weighted by molar-refractivity contribution is 5.76. The molecule has 4 nitrogen and oxygen atoms in total. The second kappa shape index (κ2) is 8.48. The van der Waals surface area contributed by atoms with Gasteiger partial charge in [0.1, 0.15) is 0 Å². The molecule has 0 bridgehead atoms. The van der Waals surface area contributed by atoms with E-state index in [1.165, 1.54) is 0 Å². The van der Waals surface area contributed by atoms with E-state index in [9.17, 15) is 4.79 Å². The number of amides is 1. The van der Waals surface area contributed by atoms with Crippen molar-refractivity contribution in [3.05, 3.63) is 0 Å². The first kappa shape index (κ1) is 15.4. The summed E-state index contributed by atoms with van der Waals surface area (Å²) < 4.78 is 5.06. The van der Waals surface area contributed by atoms with Crippen molar-refractivity contribution in [3.8, 4) is 0 Å². The highest BCUT2D eigenvalue weighted by Crippen LogP contribution is 2.20. The molecule has 0 aromatic heterocycles. The molecular formula is C14H28N2O2. The Hall–Kier alpha value is -0.610. The molecule has 1 fully saturated rings. The Labute approximate surface area is 111 Å². The van der Waals surface area contributed by atoms with Crippen molar-refractivity contribution in [2.45, 2.75) is 45.6 Å². The van der Waals surface area contributed by atoms with Crippen LogP contribution in [-0.2, 0) is 9.53 Å². The number of rotatable bonds is 7. The average Bonchev–Trinajstić information content (AvgIpc) is 2.30. The molecule has 0 unspecified atom stereocenters. The molecule has 1 saturated heterocycles. The third-order valence-corrected chi connectivity index (χ3v) is 3.45. The molecular weight excluding hydrogens is 228 g/mol. The highest BCUT2D eigenvalue weighted by Gasteiger charge is 2.21. The zero-order chi connectivity index (χ0) is 13.4. The Balaban J connectivity index is 2.13. The topological polar surface area (TPSA) is 41.6 Å². The average molecular weight is 256 g/mol. The van der Waals surface area contributed by atoms with Crippen LogP contribution in [0.4, 0.5) is 0 Å². The quantitative estimate of drug-likeness (QED) is 0.704. The van der Waals surface area contributed by atoms with Gasteiger partial charge in [-0.2, -0.15) is 0 Å². The number of likely N-dealkylation sites (tertiary alicyclic amines) is 1. The predicted molar refractivity (Wildman–Crippen MR) is 73.6 cm³/mol. The standard InChI is InChI=1S/C14H28N2O2/c1-12(2)15-14(17)11-13-5-8-16(9-6-13)7-4-10-18-3/h12-13H,4-11H2,1-3H3,(H,15,17). The van der Waals surface area contributed by atoms with Gasteiger partial charge in [-0.15, -0.1) is 0 Å². The van der Waals surface area contributed by atoms with Crippen molar-refractivity contribution >= 4 is 5.91 Å². The van der Waals surface area contributed by atoms with Crippen molar-refractivity contribution in [1.29, 1.82) is 0 Å². The smallest absolute Gasteiger partial charge is 0.220 e. The second-order valence-corrected chi connectivity index (χ2v) is 5.56. The fourth-order valence-corrected chi connectivity index (χ4v) is 2.49. The number of carbonyl (C=O) groups is 1. The Morgan fingerprint density at radius 1 is 1.39 bits per heavy atom. The molecule has 4 heteroatoms. The van der Waals surface area contributed by atoms with E-state index < -0.39 is 0 Å². The molecule has 1 aliphatic rings. The SMILES string of the molecule is COCCCN1CCC(CC(=O)NC(C)C)CC1. The van der Waals surface area contributed by atoms with Crippen molar-refractivity contribution in [2.24, 2.45) is 5.92 Å². The van der Waals surface area contributed by atoms with Crippen LogP contribution >= 0.6 is 0 Å². The zero-order valence-corrected chi connectivity index (χ0v) is 12.1. The van der Waals surface area contributed by atoms with Gasteiger partial charge in [0.25, 0.3) is 0 Å². The number of methoxy groups -OCH3 is 1. The van der Waals surface area contributed by atoms with Gasteiger partial charge in [0.15, 0.2) is 0 Å². The molecule has 0 aromatic rings. The lowest BCUT2D eigenvalue weighted by Crippen LogP contribution is -2.37. The van der Waals surface area contributed by atoms with E-state index in [1.807, 2.05) is 13.8 Å². The normalized spacial score (nSPS) is 18.2. The molecule has 0 aromatic carbocycles. The minimum absolute atomic E-state index is 0.211. The fraction of sp³-hybridized carbons (Fsp3) is 0.929. The van der Waals surface area contributed by atoms with Crippen LogP contribution in [0.15, 0.2) is 0 Å². The molecule has 0 saturated carbocycles. The minimum Gasteiger partial charge on any atom is -0.385 e. The van der Waals surface area contributed by atoms with Crippen LogP contribution < -0.4 is 5.32 Å². The third-order valence-electron chi connectivity index (χ3n) is 3.45. The maximum Gasteiger partial charge on any atom is 0.220 e.